The number of carboxylic acid groups (broad SMARTS) is 1. The zero-order valence-corrected chi connectivity index (χ0v) is 20.1. The summed E-state index contributed by atoms with van der Waals surface area (Å²) >= 11 is 0. The lowest BCUT2D eigenvalue weighted by Gasteiger charge is -2.16. The fourth-order valence-electron chi connectivity index (χ4n) is 3.44. The molecule has 3 rings (SSSR count). The van der Waals surface area contributed by atoms with Crippen molar-refractivity contribution in [2.24, 2.45) is 0 Å². The van der Waals surface area contributed by atoms with Crippen molar-refractivity contribution in [3.8, 4) is 17.6 Å². The number of aromatic carboxylic acids is 1. The Morgan fingerprint density at radius 1 is 1.11 bits per heavy atom. The highest BCUT2D eigenvalue weighted by atomic mass is 16.5. The van der Waals surface area contributed by atoms with Crippen LogP contribution >= 0.6 is 0 Å². The minimum atomic E-state index is -0.995. The number of hydrogen-bond donors (Lipinski definition) is 2. The number of aryl methyl sites for hydroxylation is 1. The smallest absolute Gasteiger partial charge is 0.335 e. The standard InChI is InChI=1S/C29H26N2O5/c1-4-5-23-14-21(15-24(17-30)28(32)31-25-12-6-19(2)7-13-25)16-26(35-3)27(23)36-18-20-8-10-22(11-9-20)29(33)34/h4,6-16H,1,5,18H2,2-3H3,(H,31,32)(H,33,34)/b24-15-. The first kappa shape index (κ1) is 25.8. The molecule has 0 atom stereocenters. The molecule has 0 spiro atoms. The molecule has 0 fully saturated rings. The summed E-state index contributed by atoms with van der Waals surface area (Å²) in [6.45, 7) is 5.94. The molecule has 0 saturated heterocycles. The van der Waals surface area contributed by atoms with E-state index in [1.54, 1.807) is 36.4 Å². The van der Waals surface area contributed by atoms with Crippen LogP contribution in [0.4, 0.5) is 5.69 Å². The number of nitrogens with zero attached hydrogens (tertiary/aromatic N) is 1. The van der Waals surface area contributed by atoms with Crippen LogP contribution in [-0.4, -0.2) is 24.1 Å². The third kappa shape index (κ3) is 6.61. The summed E-state index contributed by atoms with van der Waals surface area (Å²) in [5.74, 6) is -0.584. The summed E-state index contributed by atoms with van der Waals surface area (Å²) < 4.78 is 11.6. The van der Waals surface area contributed by atoms with Crippen LogP contribution in [0.1, 0.15) is 32.6 Å². The minimum Gasteiger partial charge on any atom is -0.493 e. The second-order valence-electron chi connectivity index (χ2n) is 7.98. The largest absolute Gasteiger partial charge is 0.493 e. The maximum absolute atomic E-state index is 12.7. The Labute approximate surface area is 209 Å². The van der Waals surface area contributed by atoms with E-state index in [1.807, 2.05) is 31.2 Å². The number of amides is 1. The molecular weight excluding hydrogens is 456 g/mol. The van der Waals surface area contributed by atoms with Gasteiger partial charge in [0.1, 0.15) is 18.2 Å². The third-order valence-electron chi connectivity index (χ3n) is 5.31. The van der Waals surface area contributed by atoms with Crippen LogP contribution in [0, 0.1) is 18.3 Å². The van der Waals surface area contributed by atoms with Gasteiger partial charge in [0.15, 0.2) is 11.5 Å². The maximum atomic E-state index is 12.7. The first-order chi connectivity index (χ1) is 17.3. The molecule has 0 aliphatic carbocycles. The number of methoxy groups -OCH3 is 1. The zero-order chi connectivity index (χ0) is 26.1. The first-order valence-corrected chi connectivity index (χ1v) is 11.1. The molecule has 0 heterocycles. The number of carbonyl (C=O) groups excluding carboxylic acids is 1. The van der Waals surface area contributed by atoms with Gasteiger partial charge in [-0.2, -0.15) is 5.26 Å². The van der Waals surface area contributed by atoms with E-state index < -0.39 is 11.9 Å². The van der Waals surface area contributed by atoms with E-state index in [4.69, 9.17) is 14.6 Å². The topological polar surface area (TPSA) is 109 Å². The molecule has 0 saturated carbocycles. The average Bonchev–Trinajstić information content (AvgIpc) is 2.88. The van der Waals surface area contributed by atoms with E-state index >= 15 is 0 Å². The van der Waals surface area contributed by atoms with Gasteiger partial charge in [0.05, 0.1) is 12.7 Å². The van der Waals surface area contributed by atoms with E-state index in [9.17, 15) is 14.9 Å². The van der Waals surface area contributed by atoms with Crippen molar-refractivity contribution < 1.29 is 24.2 Å². The van der Waals surface area contributed by atoms with Gasteiger partial charge < -0.3 is 19.9 Å². The van der Waals surface area contributed by atoms with Crippen molar-refractivity contribution in [2.75, 3.05) is 12.4 Å². The van der Waals surface area contributed by atoms with Crippen LogP contribution in [0.3, 0.4) is 0 Å². The number of hydrogen-bond acceptors (Lipinski definition) is 5. The second kappa shape index (κ2) is 12.0. The second-order valence-corrected chi connectivity index (χ2v) is 7.98. The Hall–Kier alpha value is -4.83. The highest BCUT2D eigenvalue weighted by Gasteiger charge is 2.15. The molecule has 182 valence electrons. The van der Waals surface area contributed by atoms with Crippen LogP contribution in [0.2, 0.25) is 0 Å². The van der Waals surface area contributed by atoms with Crippen molar-refractivity contribution in [1.82, 2.24) is 0 Å². The number of carbonyl (C=O) groups is 2. The van der Waals surface area contributed by atoms with Crippen molar-refractivity contribution in [3.63, 3.8) is 0 Å². The Bertz CT molecular complexity index is 1330. The summed E-state index contributed by atoms with van der Waals surface area (Å²) in [6, 6.07) is 19.1. The molecule has 0 aliphatic rings. The highest BCUT2D eigenvalue weighted by Crippen LogP contribution is 2.35. The van der Waals surface area contributed by atoms with Crippen LogP contribution in [-0.2, 0) is 17.8 Å². The van der Waals surface area contributed by atoms with Crippen LogP contribution in [0.15, 0.2) is 78.9 Å². The third-order valence-corrected chi connectivity index (χ3v) is 5.31. The van der Waals surface area contributed by atoms with Gasteiger partial charge in [0.25, 0.3) is 5.91 Å². The van der Waals surface area contributed by atoms with Gasteiger partial charge in [-0.15, -0.1) is 6.58 Å². The van der Waals surface area contributed by atoms with Crippen molar-refractivity contribution in [1.29, 1.82) is 5.26 Å². The molecule has 0 radical (unpaired) electrons. The van der Waals surface area contributed by atoms with Crippen molar-refractivity contribution in [2.45, 2.75) is 20.0 Å². The molecule has 3 aromatic carbocycles. The Kier molecular flexibility index (Phi) is 8.63. The molecule has 1 amide bonds. The Balaban J connectivity index is 1.87. The van der Waals surface area contributed by atoms with Gasteiger partial charge in [-0.05, 0) is 66.9 Å². The van der Waals surface area contributed by atoms with E-state index in [0.29, 0.717) is 29.2 Å². The SMILES string of the molecule is C=CCc1cc(/C=C(/C#N)C(=O)Nc2ccc(C)cc2)cc(OC)c1OCc1ccc(C(=O)O)cc1. The van der Waals surface area contributed by atoms with Gasteiger partial charge in [0, 0.05) is 11.3 Å². The van der Waals surface area contributed by atoms with Gasteiger partial charge in [-0.3, -0.25) is 4.79 Å². The minimum absolute atomic E-state index is 0.0608. The molecule has 0 unspecified atom stereocenters. The van der Waals surface area contributed by atoms with Gasteiger partial charge in [0.2, 0.25) is 0 Å². The van der Waals surface area contributed by atoms with Gasteiger partial charge >= 0.3 is 5.97 Å². The number of nitriles is 1. The first-order valence-electron chi connectivity index (χ1n) is 11.1. The molecule has 3 aromatic rings. The lowest BCUT2D eigenvalue weighted by Crippen LogP contribution is -2.13. The molecule has 0 aliphatic heterocycles. The fourth-order valence-corrected chi connectivity index (χ4v) is 3.44. The summed E-state index contributed by atoms with van der Waals surface area (Å²) in [4.78, 5) is 23.7. The quantitative estimate of drug-likeness (QED) is 0.223. The molecule has 7 heteroatoms. The molecular formula is C29H26N2O5. The lowest BCUT2D eigenvalue weighted by atomic mass is 10.0. The van der Waals surface area contributed by atoms with E-state index in [2.05, 4.69) is 11.9 Å². The molecule has 0 aromatic heterocycles. The van der Waals surface area contributed by atoms with Crippen molar-refractivity contribution in [3.05, 3.63) is 107 Å². The van der Waals surface area contributed by atoms with E-state index in [1.165, 1.54) is 25.3 Å². The number of rotatable bonds is 10. The number of allylic oxidation sites excluding steroid dienone is 1. The van der Waals surface area contributed by atoms with E-state index in [-0.39, 0.29) is 17.7 Å². The highest BCUT2D eigenvalue weighted by molar-refractivity contribution is 6.09. The van der Waals surface area contributed by atoms with E-state index in [0.717, 1.165) is 16.7 Å². The molecule has 7 nitrogen and oxygen atoms in total. The molecule has 36 heavy (non-hydrogen) atoms. The van der Waals surface area contributed by atoms with Crippen LogP contribution in [0.5, 0.6) is 11.5 Å². The summed E-state index contributed by atoms with van der Waals surface area (Å²) in [5.41, 5.74) is 3.93. The van der Waals surface area contributed by atoms with Gasteiger partial charge in [-0.1, -0.05) is 35.9 Å². The van der Waals surface area contributed by atoms with Crippen molar-refractivity contribution >= 4 is 23.6 Å². The number of anilines is 1. The number of benzene rings is 3. The fraction of sp³-hybridized carbons (Fsp3) is 0.138. The Morgan fingerprint density at radius 2 is 1.81 bits per heavy atom. The maximum Gasteiger partial charge on any atom is 0.335 e. The number of nitrogens with one attached hydrogen (secondary N) is 1. The van der Waals surface area contributed by atoms with Crippen LogP contribution in [0.25, 0.3) is 6.08 Å². The lowest BCUT2D eigenvalue weighted by molar-refractivity contribution is -0.112. The van der Waals surface area contributed by atoms with Crippen LogP contribution < -0.4 is 14.8 Å². The number of ether oxygens (including phenoxy) is 2. The Morgan fingerprint density at radius 3 is 2.39 bits per heavy atom. The average molecular weight is 483 g/mol. The zero-order valence-electron chi connectivity index (χ0n) is 20.1. The van der Waals surface area contributed by atoms with Gasteiger partial charge in [-0.25, -0.2) is 4.79 Å². The summed E-state index contributed by atoms with van der Waals surface area (Å²) in [5, 5.41) is 21.4. The summed E-state index contributed by atoms with van der Waals surface area (Å²) in [6.07, 6.45) is 3.67. The predicted molar refractivity (Wildman–Crippen MR) is 138 cm³/mol. The predicted octanol–water partition coefficient (Wildman–Crippen LogP) is 5.56. The normalized spacial score (nSPS) is 10.8. The number of carboxylic acids is 1. The monoisotopic (exact) mass is 482 g/mol. The molecule has 0 bridgehead atoms. The summed E-state index contributed by atoms with van der Waals surface area (Å²) in [7, 11) is 1.50. The molecule has 2 N–H and O–H groups in total.